The molecule has 1 N–H and O–H groups in total. The zero-order valence-corrected chi connectivity index (χ0v) is 17.9. The Morgan fingerprint density at radius 1 is 1.07 bits per heavy atom. The molecule has 8 heteroatoms. The Morgan fingerprint density at radius 2 is 1.80 bits per heavy atom. The first kappa shape index (κ1) is 21.7. The molecule has 0 saturated carbocycles. The molecule has 0 fully saturated rings. The summed E-state index contributed by atoms with van der Waals surface area (Å²) < 4.78 is 32.5. The largest absolute Gasteiger partial charge is 0.494 e. The van der Waals surface area contributed by atoms with E-state index in [4.69, 9.17) is 4.74 Å². The van der Waals surface area contributed by atoms with Crippen molar-refractivity contribution in [2.24, 2.45) is 0 Å². The fourth-order valence-electron chi connectivity index (χ4n) is 3.31. The third-order valence-corrected chi connectivity index (χ3v) is 6.84. The molecule has 0 radical (unpaired) electrons. The number of pyridine rings is 1. The summed E-state index contributed by atoms with van der Waals surface area (Å²) in [4.78, 5) is 16.6. The molecule has 0 saturated heterocycles. The quantitative estimate of drug-likeness (QED) is 0.582. The minimum Gasteiger partial charge on any atom is -0.494 e. The molecule has 0 atom stereocenters. The van der Waals surface area contributed by atoms with Gasteiger partial charge in [0, 0.05) is 24.0 Å². The van der Waals surface area contributed by atoms with Gasteiger partial charge in [-0.25, -0.2) is 18.2 Å². The SMILES string of the molecule is CCOc1cccc(-c2cc(C(=O)O)c3cc(S(=O)(=O)N(CC)CC)ccc3n2)c1. The Hall–Kier alpha value is -2.97. The average molecular weight is 429 g/mol. The van der Waals surface area contributed by atoms with Crippen molar-refractivity contribution in [3.63, 3.8) is 0 Å². The van der Waals surface area contributed by atoms with E-state index in [1.165, 1.54) is 22.5 Å². The maximum Gasteiger partial charge on any atom is 0.336 e. The second kappa shape index (κ2) is 8.81. The zero-order valence-electron chi connectivity index (χ0n) is 17.1. The van der Waals surface area contributed by atoms with Crippen molar-refractivity contribution in [3.05, 3.63) is 54.1 Å². The number of carbonyl (C=O) groups is 1. The van der Waals surface area contributed by atoms with Crippen LogP contribution in [0.4, 0.5) is 0 Å². The number of aromatic carboxylic acids is 1. The van der Waals surface area contributed by atoms with Crippen LogP contribution < -0.4 is 4.74 Å². The fraction of sp³-hybridized carbons (Fsp3) is 0.273. The highest BCUT2D eigenvalue weighted by molar-refractivity contribution is 7.89. The molecule has 30 heavy (non-hydrogen) atoms. The van der Waals surface area contributed by atoms with Crippen LogP contribution in [0.3, 0.4) is 0 Å². The van der Waals surface area contributed by atoms with Crippen molar-refractivity contribution in [2.45, 2.75) is 25.7 Å². The van der Waals surface area contributed by atoms with E-state index in [9.17, 15) is 18.3 Å². The summed E-state index contributed by atoms with van der Waals surface area (Å²) >= 11 is 0. The third-order valence-electron chi connectivity index (χ3n) is 4.79. The lowest BCUT2D eigenvalue weighted by atomic mass is 10.0. The van der Waals surface area contributed by atoms with Gasteiger partial charge in [-0.1, -0.05) is 26.0 Å². The molecule has 1 aromatic heterocycles. The normalized spacial score (nSPS) is 11.7. The topological polar surface area (TPSA) is 96.8 Å². The van der Waals surface area contributed by atoms with Crippen molar-refractivity contribution in [1.82, 2.24) is 9.29 Å². The first-order valence-electron chi connectivity index (χ1n) is 9.73. The van der Waals surface area contributed by atoms with Crippen LogP contribution in [0.25, 0.3) is 22.2 Å². The first-order chi connectivity index (χ1) is 14.3. The molecule has 7 nitrogen and oxygen atoms in total. The van der Waals surface area contributed by atoms with Gasteiger partial charge < -0.3 is 9.84 Å². The van der Waals surface area contributed by atoms with E-state index in [0.717, 1.165) is 0 Å². The maximum absolute atomic E-state index is 12.9. The number of hydrogen-bond acceptors (Lipinski definition) is 5. The summed E-state index contributed by atoms with van der Waals surface area (Å²) in [6.45, 7) is 6.57. The van der Waals surface area contributed by atoms with E-state index in [2.05, 4.69) is 4.98 Å². The molecule has 0 aliphatic rings. The van der Waals surface area contributed by atoms with Gasteiger partial charge in [-0.3, -0.25) is 0 Å². The molecule has 0 aliphatic carbocycles. The van der Waals surface area contributed by atoms with Crippen molar-refractivity contribution in [1.29, 1.82) is 0 Å². The number of sulfonamides is 1. The van der Waals surface area contributed by atoms with E-state index in [-0.39, 0.29) is 15.8 Å². The number of carboxylic acid groups (broad SMARTS) is 1. The van der Waals surface area contributed by atoms with Crippen LogP contribution in [0.2, 0.25) is 0 Å². The Morgan fingerprint density at radius 3 is 2.43 bits per heavy atom. The molecule has 158 valence electrons. The number of carboxylic acids is 1. The van der Waals surface area contributed by atoms with Crippen LogP contribution in [0, 0.1) is 0 Å². The lowest BCUT2D eigenvalue weighted by molar-refractivity contribution is 0.0699. The second-order valence-electron chi connectivity index (χ2n) is 6.59. The highest BCUT2D eigenvalue weighted by Crippen LogP contribution is 2.29. The highest BCUT2D eigenvalue weighted by Gasteiger charge is 2.23. The van der Waals surface area contributed by atoms with Crippen LogP contribution in [0.1, 0.15) is 31.1 Å². The molecule has 0 amide bonds. The standard InChI is InChI=1S/C22H24N2O5S/c1-4-24(5-2)30(27,28)17-10-11-20-18(13-17)19(22(25)26)14-21(23-20)15-8-7-9-16(12-15)29-6-3/h7-14H,4-6H2,1-3H3,(H,25,26). The molecule has 1 heterocycles. The number of rotatable bonds is 8. The van der Waals surface area contributed by atoms with Crippen LogP contribution in [0.15, 0.2) is 53.4 Å². The first-order valence-corrected chi connectivity index (χ1v) is 11.2. The smallest absolute Gasteiger partial charge is 0.336 e. The molecule has 0 bridgehead atoms. The van der Waals surface area contributed by atoms with E-state index in [1.54, 1.807) is 26.0 Å². The lowest BCUT2D eigenvalue weighted by Crippen LogP contribution is -2.30. The van der Waals surface area contributed by atoms with Gasteiger partial charge in [0.25, 0.3) is 0 Å². The van der Waals surface area contributed by atoms with Gasteiger partial charge >= 0.3 is 5.97 Å². The van der Waals surface area contributed by atoms with Gasteiger partial charge in [-0.15, -0.1) is 0 Å². The van der Waals surface area contributed by atoms with E-state index >= 15 is 0 Å². The Labute approximate surface area is 176 Å². The molecule has 0 spiro atoms. The zero-order chi connectivity index (χ0) is 21.9. The van der Waals surface area contributed by atoms with Crippen molar-refractivity contribution >= 4 is 26.9 Å². The second-order valence-corrected chi connectivity index (χ2v) is 8.53. The maximum atomic E-state index is 12.9. The third kappa shape index (κ3) is 4.15. The van der Waals surface area contributed by atoms with Crippen LogP contribution in [0.5, 0.6) is 5.75 Å². The van der Waals surface area contributed by atoms with E-state index in [0.29, 0.717) is 42.2 Å². The molecule has 3 rings (SSSR count). The van der Waals surface area contributed by atoms with Crippen LogP contribution >= 0.6 is 0 Å². The number of benzene rings is 2. The predicted octanol–water partition coefficient (Wildman–Crippen LogP) is 4.03. The molecular formula is C22H24N2O5S. The van der Waals surface area contributed by atoms with Gasteiger partial charge in [0.15, 0.2) is 0 Å². The summed E-state index contributed by atoms with van der Waals surface area (Å²) in [5.41, 5.74) is 1.59. The Bertz CT molecular complexity index is 1190. The van der Waals surface area contributed by atoms with E-state index < -0.39 is 16.0 Å². The summed E-state index contributed by atoms with van der Waals surface area (Å²) in [7, 11) is -3.71. The fourth-order valence-corrected chi connectivity index (χ4v) is 4.80. The van der Waals surface area contributed by atoms with Gasteiger partial charge in [0.05, 0.1) is 28.3 Å². The molecule has 3 aromatic rings. The molecule has 2 aromatic carbocycles. The van der Waals surface area contributed by atoms with Gasteiger partial charge in [0.2, 0.25) is 10.0 Å². The number of nitrogens with zero attached hydrogens (tertiary/aromatic N) is 2. The summed E-state index contributed by atoms with van der Waals surface area (Å²) in [6.07, 6.45) is 0. The number of fused-ring (bicyclic) bond motifs is 1. The van der Waals surface area contributed by atoms with E-state index in [1.807, 2.05) is 25.1 Å². The highest BCUT2D eigenvalue weighted by atomic mass is 32.2. The molecule has 0 aliphatic heterocycles. The van der Waals surface area contributed by atoms with Crippen LogP contribution in [-0.4, -0.2) is 48.5 Å². The Balaban J connectivity index is 2.18. The summed E-state index contributed by atoms with van der Waals surface area (Å²) in [5.74, 6) is -0.489. The summed E-state index contributed by atoms with van der Waals surface area (Å²) in [5, 5.41) is 10.1. The minimum atomic E-state index is -3.71. The van der Waals surface area contributed by atoms with Gasteiger partial charge in [0.1, 0.15) is 5.75 Å². The van der Waals surface area contributed by atoms with Crippen molar-refractivity contribution in [3.8, 4) is 17.0 Å². The number of ether oxygens (including phenoxy) is 1. The van der Waals surface area contributed by atoms with Gasteiger partial charge in [-0.05, 0) is 43.3 Å². The summed E-state index contributed by atoms with van der Waals surface area (Å²) in [6, 6.07) is 13.1. The molecule has 0 unspecified atom stereocenters. The Kier molecular flexibility index (Phi) is 6.38. The number of hydrogen-bond donors (Lipinski definition) is 1. The average Bonchev–Trinajstić information content (AvgIpc) is 2.73. The van der Waals surface area contributed by atoms with Gasteiger partial charge in [-0.2, -0.15) is 4.31 Å². The lowest BCUT2D eigenvalue weighted by Gasteiger charge is -2.19. The molecular weight excluding hydrogens is 404 g/mol. The van der Waals surface area contributed by atoms with Crippen LogP contribution in [-0.2, 0) is 10.0 Å². The van der Waals surface area contributed by atoms with Crippen molar-refractivity contribution in [2.75, 3.05) is 19.7 Å². The van der Waals surface area contributed by atoms with Crippen molar-refractivity contribution < 1.29 is 23.1 Å². The minimum absolute atomic E-state index is 0.00610. The monoisotopic (exact) mass is 428 g/mol. The number of aromatic nitrogens is 1. The predicted molar refractivity (Wildman–Crippen MR) is 115 cm³/mol.